The van der Waals surface area contributed by atoms with Crippen LogP contribution in [-0.2, 0) is 36.3 Å². The molecule has 1 aliphatic heterocycles. The first-order chi connectivity index (χ1) is 22.9. The van der Waals surface area contributed by atoms with E-state index >= 15 is 0 Å². The zero-order valence-corrected chi connectivity index (χ0v) is 29.4. The van der Waals surface area contributed by atoms with Crippen molar-refractivity contribution in [2.45, 2.75) is 37.7 Å². The third kappa shape index (κ3) is 8.94. The number of ether oxygens (including phenoxy) is 5. The molecule has 1 saturated heterocycles. The molecule has 0 spiro atoms. The molecule has 0 saturated carbocycles. The molecule has 0 aliphatic carbocycles. The van der Waals surface area contributed by atoms with Gasteiger partial charge < -0.3 is 28.6 Å². The first-order valence-corrected chi connectivity index (χ1v) is 17.9. The number of methoxy groups -OCH3 is 1. The lowest BCUT2D eigenvalue weighted by Crippen LogP contribution is -2.37. The second-order valence-corrected chi connectivity index (χ2v) is 14.6. The zero-order chi connectivity index (χ0) is 34.3. The van der Waals surface area contributed by atoms with Crippen molar-refractivity contribution in [2.75, 3.05) is 56.2 Å². The Labute approximate surface area is 289 Å². The average Bonchev–Trinajstić information content (AvgIpc) is 3.62. The Balaban J connectivity index is 1.50. The summed E-state index contributed by atoms with van der Waals surface area (Å²) < 4.78 is 58.6. The number of nitrogens with one attached hydrogen (secondary N) is 1. The fourth-order valence-corrected chi connectivity index (χ4v) is 6.39. The van der Waals surface area contributed by atoms with Crippen molar-refractivity contribution < 1.29 is 36.9 Å². The van der Waals surface area contributed by atoms with Gasteiger partial charge in [0.2, 0.25) is 5.95 Å². The lowest BCUT2D eigenvalue weighted by atomic mass is 9.87. The van der Waals surface area contributed by atoms with E-state index in [1.54, 1.807) is 59.3 Å². The smallest absolute Gasteiger partial charge is 0.339 e. The molecule has 4 aromatic rings. The van der Waals surface area contributed by atoms with E-state index in [1.165, 1.54) is 18.4 Å². The van der Waals surface area contributed by atoms with Crippen molar-refractivity contribution in [3.05, 3.63) is 81.1 Å². The lowest BCUT2D eigenvalue weighted by molar-refractivity contribution is 0.0282. The van der Waals surface area contributed by atoms with Gasteiger partial charge in [0.1, 0.15) is 23.8 Å². The van der Waals surface area contributed by atoms with Crippen LogP contribution in [0.15, 0.2) is 64.2 Å². The maximum Gasteiger partial charge on any atom is 0.339 e. The minimum absolute atomic E-state index is 0.0158. The normalized spacial score (nSPS) is 13.6. The highest BCUT2D eigenvalue weighted by Gasteiger charge is 2.27. The Morgan fingerprint density at radius 2 is 1.81 bits per heavy atom. The summed E-state index contributed by atoms with van der Waals surface area (Å²) in [4.78, 5) is 23.5. The van der Waals surface area contributed by atoms with Gasteiger partial charge in [0.05, 0.1) is 49.0 Å². The van der Waals surface area contributed by atoms with Gasteiger partial charge >= 0.3 is 5.97 Å². The van der Waals surface area contributed by atoms with Crippen LogP contribution in [-0.4, -0.2) is 71.0 Å². The van der Waals surface area contributed by atoms with Crippen LogP contribution >= 0.6 is 22.9 Å². The SMILES string of the molecule is COc1ccc(Cl)c(Oc2c(COCCOC(=O)c3ccsc3)nc(N3CCOCC3)nc2NS(=O)(=O)c2ccc(C(C)(C)C)cc2)c1. The van der Waals surface area contributed by atoms with Gasteiger partial charge in [0, 0.05) is 24.5 Å². The maximum atomic E-state index is 13.8. The lowest BCUT2D eigenvalue weighted by Gasteiger charge is -2.28. The highest BCUT2D eigenvalue weighted by molar-refractivity contribution is 7.92. The number of sulfonamides is 1. The topological polar surface area (TPSA) is 138 Å². The van der Waals surface area contributed by atoms with E-state index in [1.807, 2.05) is 25.7 Å². The Morgan fingerprint density at radius 3 is 2.48 bits per heavy atom. The number of esters is 1. The third-order valence-corrected chi connectivity index (χ3v) is 9.64. The second-order valence-electron chi connectivity index (χ2n) is 11.7. The predicted octanol–water partition coefficient (Wildman–Crippen LogP) is 6.30. The zero-order valence-electron chi connectivity index (χ0n) is 27.0. The molecule has 0 atom stereocenters. The van der Waals surface area contributed by atoms with E-state index in [2.05, 4.69) is 9.71 Å². The summed E-state index contributed by atoms with van der Waals surface area (Å²) >= 11 is 7.89. The van der Waals surface area contributed by atoms with Crippen LogP contribution in [0.25, 0.3) is 0 Å². The van der Waals surface area contributed by atoms with Crippen molar-refractivity contribution >= 4 is 50.7 Å². The van der Waals surface area contributed by atoms with E-state index in [9.17, 15) is 13.2 Å². The molecule has 256 valence electrons. The molecule has 1 N–H and O–H groups in total. The van der Waals surface area contributed by atoms with Crippen LogP contribution in [0, 0.1) is 0 Å². The summed E-state index contributed by atoms with van der Waals surface area (Å²) in [6.07, 6.45) is 0. The van der Waals surface area contributed by atoms with Crippen molar-refractivity contribution in [2.24, 2.45) is 0 Å². The minimum atomic E-state index is -4.16. The van der Waals surface area contributed by atoms with Crippen LogP contribution < -0.4 is 19.1 Å². The summed E-state index contributed by atoms with van der Waals surface area (Å²) in [6, 6.07) is 13.2. The molecule has 12 nitrogen and oxygen atoms in total. The number of carbonyl (C=O) groups is 1. The van der Waals surface area contributed by atoms with Crippen molar-refractivity contribution in [1.82, 2.24) is 9.97 Å². The number of aromatic nitrogens is 2. The molecule has 1 aliphatic rings. The van der Waals surface area contributed by atoms with Crippen LogP contribution in [0.3, 0.4) is 0 Å². The average molecular weight is 717 g/mol. The summed E-state index contributed by atoms with van der Waals surface area (Å²) in [7, 11) is -2.65. The van der Waals surface area contributed by atoms with Gasteiger partial charge in [0.25, 0.3) is 10.0 Å². The molecule has 0 amide bonds. The van der Waals surface area contributed by atoms with Crippen LogP contribution in [0.2, 0.25) is 5.02 Å². The van der Waals surface area contributed by atoms with Gasteiger partial charge in [-0.05, 0) is 46.7 Å². The van der Waals surface area contributed by atoms with E-state index in [0.29, 0.717) is 37.6 Å². The monoisotopic (exact) mass is 716 g/mol. The number of anilines is 2. The Hall–Kier alpha value is -3.95. The molecule has 5 rings (SSSR count). The number of thiophene rings is 1. The molecule has 15 heteroatoms. The summed E-state index contributed by atoms with van der Waals surface area (Å²) in [5.74, 6) is 0.303. The minimum Gasteiger partial charge on any atom is -0.497 e. The number of benzene rings is 2. The number of halogens is 1. The highest BCUT2D eigenvalue weighted by Crippen LogP contribution is 2.39. The molecule has 2 aromatic carbocycles. The molecular formula is C33H37ClN4O8S2. The number of morpholine rings is 1. The molecular weight excluding hydrogens is 680 g/mol. The molecule has 2 aromatic heterocycles. The number of carbonyl (C=O) groups excluding carboxylic acids is 1. The summed E-state index contributed by atoms with van der Waals surface area (Å²) in [5.41, 5.74) is 1.51. The molecule has 0 radical (unpaired) electrons. The molecule has 0 bridgehead atoms. The third-order valence-electron chi connectivity index (χ3n) is 7.29. The number of hydrogen-bond acceptors (Lipinski definition) is 12. The number of hydrogen-bond donors (Lipinski definition) is 1. The van der Waals surface area contributed by atoms with Gasteiger partial charge in [-0.15, -0.1) is 0 Å². The first kappa shape index (κ1) is 35.4. The molecule has 0 unspecified atom stereocenters. The Kier molecular flexibility index (Phi) is 11.4. The van der Waals surface area contributed by atoms with Crippen LogP contribution in [0.1, 0.15) is 42.4 Å². The van der Waals surface area contributed by atoms with Gasteiger partial charge in [-0.1, -0.05) is 44.5 Å². The first-order valence-electron chi connectivity index (χ1n) is 15.1. The molecule has 1 fully saturated rings. The second kappa shape index (κ2) is 15.5. The van der Waals surface area contributed by atoms with Gasteiger partial charge in [-0.3, -0.25) is 4.72 Å². The fraction of sp³-hybridized carbons (Fsp3) is 0.364. The summed E-state index contributed by atoms with van der Waals surface area (Å²) in [5, 5.41) is 3.73. The predicted molar refractivity (Wildman–Crippen MR) is 183 cm³/mol. The quantitative estimate of drug-likeness (QED) is 0.123. The number of rotatable bonds is 13. The standard InChI is InChI=1S/C33H37ClN4O8S2/c1-33(2,3)23-5-8-25(9-6-23)48(40,41)37-30-29(46-28-19-24(42-4)7-10-26(28)34)27(35-32(36-30)38-12-14-43-15-13-38)20-44-16-17-45-31(39)22-11-18-47-21-22/h5-11,18-19,21H,12-17,20H2,1-4H3,(H,35,36,37). The van der Waals surface area contributed by atoms with Crippen molar-refractivity contribution in [3.63, 3.8) is 0 Å². The van der Waals surface area contributed by atoms with Gasteiger partial charge in [-0.25, -0.2) is 18.2 Å². The van der Waals surface area contributed by atoms with E-state index in [0.717, 1.165) is 5.56 Å². The van der Waals surface area contributed by atoms with Crippen molar-refractivity contribution in [3.8, 4) is 17.2 Å². The van der Waals surface area contributed by atoms with E-state index in [-0.39, 0.29) is 64.1 Å². The highest BCUT2D eigenvalue weighted by atomic mass is 35.5. The number of nitrogens with zero attached hydrogens (tertiary/aromatic N) is 3. The Morgan fingerprint density at radius 1 is 1.06 bits per heavy atom. The molecule has 48 heavy (non-hydrogen) atoms. The molecule has 3 heterocycles. The van der Waals surface area contributed by atoms with Gasteiger partial charge in [0.15, 0.2) is 11.6 Å². The van der Waals surface area contributed by atoms with Gasteiger partial charge in [-0.2, -0.15) is 16.3 Å². The largest absolute Gasteiger partial charge is 0.497 e. The van der Waals surface area contributed by atoms with E-state index < -0.39 is 16.0 Å². The van der Waals surface area contributed by atoms with Crippen molar-refractivity contribution in [1.29, 1.82) is 0 Å². The van der Waals surface area contributed by atoms with Crippen LogP contribution in [0.5, 0.6) is 17.2 Å². The maximum absolute atomic E-state index is 13.8. The van der Waals surface area contributed by atoms with E-state index in [4.69, 9.17) is 40.3 Å². The van der Waals surface area contributed by atoms with Crippen LogP contribution in [0.4, 0.5) is 11.8 Å². The fourth-order valence-electron chi connectivity index (χ4n) is 4.61. The summed E-state index contributed by atoms with van der Waals surface area (Å²) in [6.45, 7) is 7.90. The Bertz CT molecular complexity index is 1810.